The molecule has 20 heavy (non-hydrogen) atoms. The van der Waals surface area contributed by atoms with Gasteiger partial charge in [-0.15, -0.1) is 0 Å². The van der Waals surface area contributed by atoms with Gasteiger partial charge in [-0.2, -0.15) is 0 Å². The maximum Gasteiger partial charge on any atom is 0.311 e. The third-order valence-electron chi connectivity index (χ3n) is 3.03. The summed E-state index contributed by atoms with van der Waals surface area (Å²) < 4.78 is 4.86. The van der Waals surface area contributed by atoms with Crippen molar-refractivity contribution >= 4 is 11.6 Å². The summed E-state index contributed by atoms with van der Waals surface area (Å²) in [5.41, 5.74) is -1.14. The molecule has 1 atom stereocenters. The number of ether oxygens (including phenoxy) is 1. The highest BCUT2D eigenvalue weighted by Crippen LogP contribution is 2.27. The molecule has 2 N–H and O–H groups in total. The van der Waals surface area contributed by atoms with Gasteiger partial charge in [0.25, 0.3) is 5.91 Å². The van der Waals surface area contributed by atoms with Crippen LogP contribution in [0, 0.1) is 10.1 Å². The van der Waals surface area contributed by atoms with Gasteiger partial charge in [0.2, 0.25) is 0 Å². The second kappa shape index (κ2) is 6.33. The molecule has 1 aromatic carbocycles. The molecule has 7 nitrogen and oxygen atoms in total. The van der Waals surface area contributed by atoms with E-state index in [1.165, 1.54) is 19.2 Å². The number of methoxy groups -OCH3 is 1. The first-order chi connectivity index (χ1) is 9.30. The van der Waals surface area contributed by atoms with E-state index in [2.05, 4.69) is 5.32 Å². The molecule has 0 aliphatic rings. The molecule has 1 rings (SSSR count). The molecule has 0 aromatic heterocycles. The van der Waals surface area contributed by atoms with Crippen molar-refractivity contribution in [3.63, 3.8) is 0 Å². The summed E-state index contributed by atoms with van der Waals surface area (Å²) in [6, 6.07) is 3.95. The van der Waals surface area contributed by atoms with Crippen molar-refractivity contribution in [1.29, 1.82) is 0 Å². The number of hydrogen-bond acceptors (Lipinski definition) is 5. The van der Waals surface area contributed by atoms with Gasteiger partial charge in [-0.05, 0) is 25.5 Å². The van der Waals surface area contributed by atoms with Crippen LogP contribution in [0.15, 0.2) is 18.2 Å². The lowest BCUT2D eigenvalue weighted by atomic mass is 10.0. The van der Waals surface area contributed by atoms with E-state index in [4.69, 9.17) is 4.74 Å². The van der Waals surface area contributed by atoms with Gasteiger partial charge in [0.05, 0.1) is 17.6 Å². The Bertz CT molecular complexity index is 513. The number of aliphatic hydroxyl groups is 1. The van der Waals surface area contributed by atoms with Gasteiger partial charge in [-0.3, -0.25) is 14.9 Å². The standard InChI is InChI=1S/C13H18N2O5/c1-4-13(2,17)8-14-12(16)9-5-6-11(20-3)10(7-9)15(18)19/h5-7,17H,4,8H2,1-3H3,(H,14,16). The molecule has 0 bridgehead atoms. The molecule has 0 aliphatic heterocycles. The van der Waals surface area contributed by atoms with Gasteiger partial charge >= 0.3 is 5.69 Å². The molecular weight excluding hydrogens is 264 g/mol. The number of carbonyl (C=O) groups is 1. The van der Waals surface area contributed by atoms with Gasteiger partial charge < -0.3 is 15.2 Å². The number of amides is 1. The number of nitro groups is 1. The average Bonchev–Trinajstić information content (AvgIpc) is 2.44. The maximum atomic E-state index is 11.9. The van der Waals surface area contributed by atoms with Crippen LogP contribution >= 0.6 is 0 Å². The van der Waals surface area contributed by atoms with Crippen molar-refractivity contribution in [2.45, 2.75) is 25.9 Å². The van der Waals surface area contributed by atoms with Gasteiger partial charge in [0, 0.05) is 18.2 Å². The second-order valence-corrected chi connectivity index (χ2v) is 4.68. The van der Waals surface area contributed by atoms with E-state index in [-0.39, 0.29) is 23.5 Å². The maximum absolute atomic E-state index is 11.9. The fraction of sp³-hybridized carbons (Fsp3) is 0.462. The monoisotopic (exact) mass is 282 g/mol. The van der Waals surface area contributed by atoms with Crippen LogP contribution < -0.4 is 10.1 Å². The van der Waals surface area contributed by atoms with Crippen LogP contribution in [0.4, 0.5) is 5.69 Å². The predicted octanol–water partition coefficient (Wildman–Crippen LogP) is 1.49. The quantitative estimate of drug-likeness (QED) is 0.608. The highest BCUT2D eigenvalue weighted by Gasteiger charge is 2.21. The molecule has 0 aliphatic carbocycles. The van der Waals surface area contributed by atoms with Gasteiger partial charge in [-0.1, -0.05) is 6.92 Å². The summed E-state index contributed by atoms with van der Waals surface area (Å²) in [5, 5.41) is 23.2. The summed E-state index contributed by atoms with van der Waals surface area (Å²) in [6.07, 6.45) is 0.482. The Morgan fingerprint density at radius 2 is 2.20 bits per heavy atom. The van der Waals surface area contributed by atoms with E-state index in [1.54, 1.807) is 13.8 Å². The molecule has 0 saturated heterocycles. The predicted molar refractivity (Wildman–Crippen MR) is 72.9 cm³/mol. The van der Waals surface area contributed by atoms with Gasteiger partial charge in [-0.25, -0.2) is 0 Å². The third-order valence-corrected chi connectivity index (χ3v) is 3.03. The minimum atomic E-state index is -1.01. The Kier molecular flexibility index (Phi) is 5.04. The fourth-order valence-corrected chi connectivity index (χ4v) is 1.47. The molecule has 110 valence electrons. The van der Waals surface area contributed by atoms with Crippen molar-refractivity contribution in [1.82, 2.24) is 5.32 Å². The number of carbonyl (C=O) groups excluding carboxylic acids is 1. The molecule has 1 unspecified atom stereocenters. The second-order valence-electron chi connectivity index (χ2n) is 4.68. The van der Waals surface area contributed by atoms with Crippen molar-refractivity contribution < 1.29 is 19.6 Å². The zero-order valence-electron chi connectivity index (χ0n) is 11.7. The first-order valence-corrected chi connectivity index (χ1v) is 6.13. The van der Waals surface area contributed by atoms with Crippen LogP contribution in [0.2, 0.25) is 0 Å². The topological polar surface area (TPSA) is 102 Å². The lowest BCUT2D eigenvalue weighted by molar-refractivity contribution is -0.385. The average molecular weight is 282 g/mol. The number of rotatable bonds is 6. The molecule has 7 heteroatoms. The lowest BCUT2D eigenvalue weighted by Crippen LogP contribution is -2.40. The third kappa shape index (κ3) is 3.92. The molecular formula is C13H18N2O5. The highest BCUT2D eigenvalue weighted by atomic mass is 16.6. The summed E-state index contributed by atoms with van der Waals surface area (Å²) in [6.45, 7) is 3.47. The number of nitrogens with zero attached hydrogens (tertiary/aromatic N) is 1. The molecule has 0 fully saturated rings. The number of benzene rings is 1. The summed E-state index contributed by atoms with van der Waals surface area (Å²) in [5.74, 6) is -0.392. The van der Waals surface area contributed by atoms with Crippen LogP contribution in [0.1, 0.15) is 30.6 Å². The SMILES string of the molecule is CCC(C)(O)CNC(=O)c1ccc(OC)c([N+](=O)[O-])c1. The molecule has 1 aromatic rings. The Morgan fingerprint density at radius 1 is 1.55 bits per heavy atom. The molecule has 0 saturated carbocycles. The van der Waals surface area contributed by atoms with Crippen LogP contribution in [-0.2, 0) is 0 Å². The normalized spacial score (nSPS) is 13.4. The van der Waals surface area contributed by atoms with Crippen LogP contribution in [0.5, 0.6) is 5.75 Å². The largest absolute Gasteiger partial charge is 0.490 e. The Hall–Kier alpha value is -2.15. The molecule has 1 amide bonds. The van der Waals surface area contributed by atoms with Crippen molar-refractivity contribution in [2.75, 3.05) is 13.7 Å². The minimum absolute atomic E-state index is 0.0716. The van der Waals surface area contributed by atoms with E-state index in [0.717, 1.165) is 6.07 Å². The molecule has 0 spiro atoms. The van der Waals surface area contributed by atoms with Gasteiger partial charge in [0.15, 0.2) is 5.75 Å². The smallest absolute Gasteiger partial charge is 0.311 e. The first-order valence-electron chi connectivity index (χ1n) is 6.13. The summed E-state index contributed by atoms with van der Waals surface area (Å²) in [7, 11) is 1.32. The Morgan fingerprint density at radius 3 is 2.70 bits per heavy atom. The molecule has 0 heterocycles. The number of nitro benzene ring substituents is 1. The lowest BCUT2D eigenvalue weighted by Gasteiger charge is -2.21. The zero-order valence-corrected chi connectivity index (χ0v) is 11.7. The van der Waals surface area contributed by atoms with Crippen molar-refractivity contribution in [2.24, 2.45) is 0 Å². The van der Waals surface area contributed by atoms with Crippen molar-refractivity contribution in [3.8, 4) is 5.75 Å². The molecule has 0 radical (unpaired) electrons. The Labute approximate surface area is 116 Å². The van der Waals surface area contributed by atoms with E-state index >= 15 is 0 Å². The summed E-state index contributed by atoms with van der Waals surface area (Å²) in [4.78, 5) is 22.2. The minimum Gasteiger partial charge on any atom is -0.490 e. The van der Waals surface area contributed by atoms with Crippen LogP contribution in [0.25, 0.3) is 0 Å². The van der Waals surface area contributed by atoms with E-state index in [0.29, 0.717) is 6.42 Å². The van der Waals surface area contributed by atoms with E-state index in [9.17, 15) is 20.0 Å². The van der Waals surface area contributed by atoms with Crippen LogP contribution in [-0.4, -0.2) is 35.2 Å². The summed E-state index contributed by atoms with van der Waals surface area (Å²) >= 11 is 0. The highest BCUT2D eigenvalue weighted by molar-refractivity contribution is 5.95. The number of hydrogen-bond donors (Lipinski definition) is 2. The fourth-order valence-electron chi connectivity index (χ4n) is 1.47. The zero-order chi connectivity index (χ0) is 15.3. The first kappa shape index (κ1) is 15.9. The Balaban J connectivity index is 2.89. The van der Waals surface area contributed by atoms with Gasteiger partial charge in [0.1, 0.15) is 0 Å². The van der Waals surface area contributed by atoms with Crippen molar-refractivity contribution in [3.05, 3.63) is 33.9 Å². The van der Waals surface area contributed by atoms with E-state index in [1.807, 2.05) is 0 Å². The van der Waals surface area contributed by atoms with Crippen LogP contribution in [0.3, 0.4) is 0 Å². The number of nitrogens with one attached hydrogen (secondary N) is 1. The van der Waals surface area contributed by atoms with E-state index < -0.39 is 16.4 Å².